The van der Waals surface area contributed by atoms with Crippen LogP contribution in [0.4, 0.5) is 9.59 Å². The van der Waals surface area contributed by atoms with Crippen LogP contribution in [0.15, 0.2) is 60.7 Å². The van der Waals surface area contributed by atoms with Gasteiger partial charge >= 0.3 is 24.1 Å². The van der Waals surface area contributed by atoms with Gasteiger partial charge in [-0.3, -0.25) is 9.59 Å². The maximum Gasteiger partial charge on any atom is 0.408 e. The van der Waals surface area contributed by atoms with Crippen LogP contribution in [-0.4, -0.2) is 66.0 Å². The van der Waals surface area contributed by atoms with Crippen molar-refractivity contribution in [2.45, 2.75) is 51.5 Å². The third kappa shape index (κ3) is 12.5. The molecule has 2 rings (SSSR count). The van der Waals surface area contributed by atoms with Crippen LogP contribution in [0.2, 0.25) is 0 Å². The van der Waals surface area contributed by atoms with Crippen molar-refractivity contribution in [3.63, 3.8) is 0 Å². The number of esters is 1. The first-order chi connectivity index (χ1) is 18.4. The van der Waals surface area contributed by atoms with Crippen LogP contribution < -0.4 is 16.0 Å². The van der Waals surface area contributed by atoms with Gasteiger partial charge in [-0.1, -0.05) is 60.7 Å². The third-order valence-corrected chi connectivity index (χ3v) is 4.91. The van der Waals surface area contributed by atoms with Gasteiger partial charge in [0.05, 0.1) is 0 Å². The molecule has 210 valence electrons. The van der Waals surface area contributed by atoms with Crippen LogP contribution in [0, 0.1) is 0 Å². The van der Waals surface area contributed by atoms with Gasteiger partial charge in [0, 0.05) is 6.42 Å². The molecule has 0 aliphatic rings. The van der Waals surface area contributed by atoms with E-state index < -0.39 is 60.9 Å². The van der Waals surface area contributed by atoms with E-state index in [2.05, 4.69) is 16.0 Å². The van der Waals surface area contributed by atoms with E-state index in [1.54, 1.807) is 75.4 Å². The number of amides is 3. The number of carbonyl (C=O) groups excluding carboxylic acids is 4. The van der Waals surface area contributed by atoms with Crippen molar-refractivity contribution in [1.29, 1.82) is 0 Å². The molecule has 0 radical (unpaired) electrons. The van der Waals surface area contributed by atoms with Crippen LogP contribution in [0.1, 0.15) is 31.9 Å². The van der Waals surface area contributed by atoms with Crippen molar-refractivity contribution in [1.82, 2.24) is 16.0 Å². The van der Waals surface area contributed by atoms with E-state index >= 15 is 0 Å². The Labute approximate surface area is 226 Å². The predicted molar refractivity (Wildman–Crippen MR) is 138 cm³/mol. The van der Waals surface area contributed by atoms with E-state index in [-0.39, 0.29) is 13.0 Å². The molecule has 12 nitrogen and oxygen atoms in total. The first-order valence-electron chi connectivity index (χ1n) is 12.1. The number of benzene rings is 2. The fourth-order valence-corrected chi connectivity index (χ4v) is 3.10. The molecule has 0 aliphatic heterocycles. The second-order valence-electron chi connectivity index (χ2n) is 9.39. The SMILES string of the molecule is CC(C)(C)OC(=O)NCC(=O)OC[C@H](NC(=O)[C@H](Cc1ccccc1)NC(=O)OCc1ccccc1)C(=O)O. The van der Waals surface area contributed by atoms with Crippen molar-refractivity contribution >= 4 is 30.0 Å². The molecule has 12 heteroatoms. The number of carboxylic acids is 1. The van der Waals surface area contributed by atoms with E-state index in [4.69, 9.17) is 14.2 Å². The topological polar surface area (TPSA) is 169 Å². The van der Waals surface area contributed by atoms with E-state index in [9.17, 15) is 29.1 Å². The van der Waals surface area contributed by atoms with Gasteiger partial charge in [-0.15, -0.1) is 0 Å². The second kappa shape index (κ2) is 15.0. The zero-order valence-electron chi connectivity index (χ0n) is 22.0. The van der Waals surface area contributed by atoms with Crippen molar-refractivity contribution < 1.29 is 43.3 Å². The van der Waals surface area contributed by atoms with Crippen LogP contribution in [0.5, 0.6) is 0 Å². The van der Waals surface area contributed by atoms with Gasteiger partial charge in [0.15, 0.2) is 6.04 Å². The maximum absolute atomic E-state index is 13.0. The summed E-state index contributed by atoms with van der Waals surface area (Å²) in [5, 5.41) is 16.5. The van der Waals surface area contributed by atoms with Gasteiger partial charge in [0.25, 0.3) is 0 Å². The highest BCUT2D eigenvalue weighted by Crippen LogP contribution is 2.07. The zero-order chi connectivity index (χ0) is 28.8. The van der Waals surface area contributed by atoms with E-state index in [1.807, 2.05) is 6.07 Å². The summed E-state index contributed by atoms with van der Waals surface area (Å²) in [6.45, 7) is 3.63. The molecule has 2 atom stereocenters. The van der Waals surface area contributed by atoms with Gasteiger partial charge in [-0.2, -0.15) is 0 Å². The molecule has 0 heterocycles. The number of ether oxygens (including phenoxy) is 3. The van der Waals surface area contributed by atoms with E-state index in [0.717, 1.165) is 5.56 Å². The predicted octanol–water partition coefficient (Wildman–Crippen LogP) is 2.16. The Kier molecular flexibility index (Phi) is 11.7. The number of carboxylic acid groups (broad SMARTS) is 1. The molecule has 0 aromatic heterocycles. The maximum atomic E-state index is 13.0. The number of alkyl carbamates (subject to hydrolysis) is 2. The Bertz CT molecular complexity index is 1120. The van der Waals surface area contributed by atoms with Crippen molar-refractivity contribution in [2.24, 2.45) is 0 Å². The highest BCUT2D eigenvalue weighted by Gasteiger charge is 2.28. The van der Waals surface area contributed by atoms with E-state index in [1.165, 1.54) is 0 Å². The Morgan fingerprint density at radius 3 is 1.95 bits per heavy atom. The largest absolute Gasteiger partial charge is 0.480 e. The minimum atomic E-state index is -1.62. The summed E-state index contributed by atoms with van der Waals surface area (Å²) in [6.07, 6.45) is -1.68. The monoisotopic (exact) mass is 543 g/mol. The second-order valence-corrected chi connectivity index (χ2v) is 9.39. The molecule has 0 aliphatic carbocycles. The molecule has 0 unspecified atom stereocenters. The number of rotatable bonds is 12. The van der Waals surface area contributed by atoms with Crippen molar-refractivity contribution in [3.8, 4) is 0 Å². The van der Waals surface area contributed by atoms with Crippen LogP contribution in [0.25, 0.3) is 0 Å². The van der Waals surface area contributed by atoms with E-state index in [0.29, 0.717) is 5.56 Å². The van der Waals surface area contributed by atoms with Gasteiger partial charge in [0.1, 0.15) is 31.4 Å². The first kappa shape index (κ1) is 30.6. The minimum absolute atomic E-state index is 0.0304. The van der Waals surface area contributed by atoms with Crippen LogP contribution in [-0.2, 0) is 41.6 Å². The van der Waals surface area contributed by atoms with Crippen LogP contribution >= 0.6 is 0 Å². The molecule has 2 aromatic carbocycles. The molecule has 0 fully saturated rings. The summed E-state index contributed by atoms with van der Waals surface area (Å²) < 4.78 is 15.1. The molecule has 2 aromatic rings. The molecule has 4 N–H and O–H groups in total. The summed E-state index contributed by atoms with van der Waals surface area (Å²) >= 11 is 0. The van der Waals surface area contributed by atoms with Crippen LogP contribution in [0.3, 0.4) is 0 Å². The molecular formula is C27H33N3O9. The molecule has 3 amide bonds. The highest BCUT2D eigenvalue weighted by molar-refractivity contribution is 5.89. The number of hydrogen-bond donors (Lipinski definition) is 4. The lowest BCUT2D eigenvalue weighted by Gasteiger charge is -2.22. The number of nitrogens with one attached hydrogen (secondary N) is 3. The fourth-order valence-electron chi connectivity index (χ4n) is 3.10. The fraction of sp³-hybridized carbons (Fsp3) is 0.370. The van der Waals surface area contributed by atoms with Crippen molar-refractivity contribution in [3.05, 3.63) is 71.8 Å². The Hall–Kier alpha value is -4.61. The Morgan fingerprint density at radius 2 is 1.38 bits per heavy atom. The molecule has 0 saturated heterocycles. The van der Waals surface area contributed by atoms with Gasteiger partial charge < -0.3 is 35.3 Å². The third-order valence-electron chi connectivity index (χ3n) is 4.91. The molecular weight excluding hydrogens is 510 g/mol. The van der Waals surface area contributed by atoms with Gasteiger partial charge in [-0.25, -0.2) is 14.4 Å². The normalized spacial score (nSPS) is 12.3. The molecule has 0 spiro atoms. The summed E-state index contributed by atoms with van der Waals surface area (Å²) in [6, 6.07) is 14.9. The Balaban J connectivity index is 1.97. The zero-order valence-corrected chi connectivity index (χ0v) is 22.0. The first-order valence-corrected chi connectivity index (χ1v) is 12.1. The highest BCUT2D eigenvalue weighted by atomic mass is 16.6. The lowest BCUT2D eigenvalue weighted by atomic mass is 10.1. The minimum Gasteiger partial charge on any atom is -0.480 e. The summed E-state index contributed by atoms with van der Waals surface area (Å²) in [7, 11) is 0. The summed E-state index contributed by atoms with van der Waals surface area (Å²) in [5.74, 6) is -3.24. The van der Waals surface area contributed by atoms with Gasteiger partial charge in [-0.05, 0) is 31.9 Å². The number of aliphatic carboxylic acids is 1. The lowest BCUT2D eigenvalue weighted by molar-refractivity contribution is -0.150. The van der Waals surface area contributed by atoms with Crippen molar-refractivity contribution in [2.75, 3.05) is 13.2 Å². The average Bonchev–Trinajstić information content (AvgIpc) is 2.88. The van der Waals surface area contributed by atoms with Gasteiger partial charge in [0.2, 0.25) is 5.91 Å². The Morgan fingerprint density at radius 1 is 0.795 bits per heavy atom. The quantitative estimate of drug-likeness (QED) is 0.231. The summed E-state index contributed by atoms with van der Waals surface area (Å²) in [5.41, 5.74) is 0.670. The lowest BCUT2D eigenvalue weighted by Crippen LogP contribution is -2.54. The summed E-state index contributed by atoms with van der Waals surface area (Å²) in [4.78, 5) is 60.8. The molecule has 39 heavy (non-hydrogen) atoms. The smallest absolute Gasteiger partial charge is 0.408 e. The molecule has 0 bridgehead atoms. The number of hydrogen-bond acceptors (Lipinski definition) is 8. The average molecular weight is 544 g/mol. The standard InChI is InChI=1S/C27H33N3O9/c1-27(2,3)39-25(35)28-15-22(31)37-17-21(24(33)34)29-23(32)20(14-18-10-6-4-7-11-18)30-26(36)38-16-19-12-8-5-9-13-19/h4-13,20-21H,14-17H2,1-3H3,(H,28,35)(H,29,32)(H,30,36)(H,33,34)/t20-,21-/m0/s1. The number of carbonyl (C=O) groups is 5. The molecule has 0 saturated carbocycles.